The van der Waals surface area contributed by atoms with Gasteiger partial charge in [0.25, 0.3) is 5.91 Å². The summed E-state index contributed by atoms with van der Waals surface area (Å²) in [6.07, 6.45) is 0. The Hall–Kier alpha value is -2.70. The first-order chi connectivity index (χ1) is 11.6. The predicted octanol–water partition coefficient (Wildman–Crippen LogP) is 4.22. The number of amides is 1. The van der Waals surface area contributed by atoms with Crippen LogP contribution >= 0.6 is 23.2 Å². The molecule has 0 bridgehead atoms. The molecule has 0 radical (unpaired) electrons. The third-order valence-electron chi connectivity index (χ3n) is 2.92. The molecule has 0 unspecified atom stereocenters. The molecule has 0 atom stereocenters. The highest BCUT2D eigenvalue weighted by molar-refractivity contribution is 6.31. The Morgan fingerprint density at radius 2 is 1.50 bits per heavy atom. The summed E-state index contributed by atoms with van der Waals surface area (Å²) in [5.41, 5.74) is 1.20. The van der Waals surface area contributed by atoms with Crippen molar-refractivity contribution >= 4 is 34.8 Å². The van der Waals surface area contributed by atoms with E-state index in [-0.39, 0.29) is 22.5 Å². The number of nitrogens with zero attached hydrogens (tertiary/aromatic N) is 3. The average molecular weight is 361 g/mol. The van der Waals surface area contributed by atoms with Crippen LogP contribution in [0.4, 0.5) is 5.69 Å². The number of nitrogens with one attached hydrogen (secondary N) is 1. The maximum Gasteiger partial charge on any atom is 0.327 e. The van der Waals surface area contributed by atoms with Crippen molar-refractivity contribution in [3.8, 4) is 11.8 Å². The summed E-state index contributed by atoms with van der Waals surface area (Å²) in [4.78, 5) is 23.3. The summed E-state index contributed by atoms with van der Waals surface area (Å²) in [6, 6.07) is 15.6. The lowest BCUT2D eigenvalue weighted by Crippen LogP contribution is -2.11. The zero-order chi connectivity index (χ0) is 16.9. The van der Waals surface area contributed by atoms with Gasteiger partial charge in [-0.1, -0.05) is 18.2 Å². The maximum atomic E-state index is 12.1. The molecule has 0 aliphatic carbocycles. The molecule has 0 aliphatic rings. The van der Waals surface area contributed by atoms with Crippen LogP contribution in [0.2, 0.25) is 10.6 Å². The molecule has 0 aliphatic heterocycles. The minimum atomic E-state index is -0.194. The van der Waals surface area contributed by atoms with Crippen LogP contribution in [0.5, 0.6) is 11.8 Å². The molecule has 3 aromatic rings. The minimum absolute atomic E-state index is 0.0129. The summed E-state index contributed by atoms with van der Waals surface area (Å²) in [5, 5.41) is 2.67. The van der Waals surface area contributed by atoms with E-state index in [1.165, 1.54) is 0 Å². The fourth-order valence-corrected chi connectivity index (χ4v) is 2.21. The number of ether oxygens (including phenoxy) is 1. The van der Waals surface area contributed by atoms with Gasteiger partial charge in [0.05, 0.1) is 0 Å². The molecule has 0 saturated heterocycles. The van der Waals surface area contributed by atoms with Crippen molar-refractivity contribution in [2.75, 3.05) is 5.32 Å². The molecule has 24 heavy (non-hydrogen) atoms. The van der Waals surface area contributed by atoms with Gasteiger partial charge in [-0.2, -0.15) is 15.0 Å². The first-order valence-corrected chi connectivity index (χ1v) is 7.57. The van der Waals surface area contributed by atoms with Gasteiger partial charge in [0, 0.05) is 11.3 Å². The Morgan fingerprint density at radius 1 is 0.875 bits per heavy atom. The van der Waals surface area contributed by atoms with Crippen molar-refractivity contribution in [1.82, 2.24) is 15.0 Å². The number of benzene rings is 2. The molecule has 1 aromatic heterocycles. The molecular formula is C16H10Cl2N4O2. The smallest absolute Gasteiger partial charge is 0.327 e. The Bertz CT molecular complexity index is 837. The van der Waals surface area contributed by atoms with Crippen LogP contribution in [-0.4, -0.2) is 20.9 Å². The van der Waals surface area contributed by atoms with Crippen molar-refractivity contribution in [2.45, 2.75) is 0 Å². The van der Waals surface area contributed by atoms with Crippen molar-refractivity contribution < 1.29 is 9.53 Å². The molecule has 6 nitrogen and oxygen atoms in total. The Labute approximate surface area is 147 Å². The number of hydrogen-bond donors (Lipinski definition) is 1. The monoisotopic (exact) mass is 360 g/mol. The van der Waals surface area contributed by atoms with E-state index in [1.54, 1.807) is 48.5 Å². The van der Waals surface area contributed by atoms with E-state index in [2.05, 4.69) is 20.3 Å². The molecule has 0 spiro atoms. The second-order valence-corrected chi connectivity index (χ2v) is 5.28. The number of aromatic nitrogens is 3. The average Bonchev–Trinajstić information content (AvgIpc) is 2.56. The predicted molar refractivity (Wildman–Crippen MR) is 90.8 cm³/mol. The summed E-state index contributed by atoms with van der Waals surface area (Å²) >= 11 is 11.4. The number of carbonyl (C=O) groups excluding carboxylic acids is 1. The zero-order valence-electron chi connectivity index (χ0n) is 12.1. The second-order valence-electron chi connectivity index (χ2n) is 4.60. The van der Waals surface area contributed by atoms with Crippen molar-refractivity contribution in [3.63, 3.8) is 0 Å². The first-order valence-electron chi connectivity index (χ1n) is 6.81. The Kier molecular flexibility index (Phi) is 4.88. The molecule has 1 amide bonds. The molecule has 1 heterocycles. The van der Waals surface area contributed by atoms with E-state index in [4.69, 9.17) is 27.9 Å². The topological polar surface area (TPSA) is 77.0 Å². The van der Waals surface area contributed by atoms with E-state index in [0.29, 0.717) is 17.0 Å². The van der Waals surface area contributed by atoms with Gasteiger partial charge in [0.15, 0.2) is 0 Å². The summed E-state index contributed by atoms with van der Waals surface area (Å²) < 4.78 is 5.44. The fourth-order valence-electron chi connectivity index (χ4n) is 1.86. The molecule has 2 aromatic carbocycles. The standard InChI is InChI=1S/C16H10Cl2N4O2/c17-14-20-15(18)22-16(21-14)24-12-8-6-11(7-9-12)19-13(23)10-4-2-1-3-5-10/h1-9H,(H,19,23). The minimum Gasteiger partial charge on any atom is -0.424 e. The van der Waals surface area contributed by atoms with Crippen LogP contribution in [-0.2, 0) is 0 Å². The number of hydrogen-bond acceptors (Lipinski definition) is 5. The van der Waals surface area contributed by atoms with E-state index in [1.807, 2.05) is 6.07 Å². The maximum absolute atomic E-state index is 12.1. The van der Waals surface area contributed by atoms with Gasteiger partial charge in [-0.15, -0.1) is 0 Å². The fraction of sp³-hybridized carbons (Fsp3) is 0. The van der Waals surface area contributed by atoms with E-state index >= 15 is 0 Å². The second kappa shape index (κ2) is 7.25. The highest BCUT2D eigenvalue weighted by atomic mass is 35.5. The van der Waals surface area contributed by atoms with Crippen LogP contribution in [0, 0.1) is 0 Å². The lowest BCUT2D eigenvalue weighted by Gasteiger charge is -2.07. The number of rotatable bonds is 4. The molecule has 8 heteroatoms. The van der Waals surface area contributed by atoms with Gasteiger partial charge >= 0.3 is 6.01 Å². The molecular weight excluding hydrogens is 351 g/mol. The number of carbonyl (C=O) groups is 1. The highest BCUT2D eigenvalue weighted by Gasteiger charge is 2.07. The van der Waals surface area contributed by atoms with Crippen LogP contribution in [0.3, 0.4) is 0 Å². The summed E-state index contributed by atoms with van der Waals surface area (Å²) in [6.45, 7) is 0. The van der Waals surface area contributed by atoms with E-state index in [0.717, 1.165) is 0 Å². The third-order valence-corrected chi connectivity index (χ3v) is 3.26. The van der Waals surface area contributed by atoms with Crippen molar-refractivity contribution in [1.29, 1.82) is 0 Å². The van der Waals surface area contributed by atoms with Crippen molar-refractivity contribution in [3.05, 3.63) is 70.7 Å². The summed E-state index contributed by atoms with van der Waals surface area (Å²) in [7, 11) is 0. The van der Waals surface area contributed by atoms with Gasteiger partial charge in [0.1, 0.15) is 5.75 Å². The molecule has 0 fully saturated rings. The molecule has 3 rings (SSSR count). The van der Waals surface area contributed by atoms with Gasteiger partial charge in [0.2, 0.25) is 10.6 Å². The Balaban J connectivity index is 1.68. The third kappa shape index (κ3) is 4.18. The molecule has 120 valence electrons. The van der Waals surface area contributed by atoms with Gasteiger partial charge < -0.3 is 10.1 Å². The lowest BCUT2D eigenvalue weighted by molar-refractivity contribution is 0.102. The SMILES string of the molecule is O=C(Nc1ccc(Oc2nc(Cl)nc(Cl)n2)cc1)c1ccccc1. The first kappa shape index (κ1) is 16.2. The lowest BCUT2D eigenvalue weighted by atomic mass is 10.2. The van der Waals surface area contributed by atoms with Crippen LogP contribution in [0.15, 0.2) is 54.6 Å². The van der Waals surface area contributed by atoms with Gasteiger partial charge in [-0.3, -0.25) is 4.79 Å². The van der Waals surface area contributed by atoms with Crippen molar-refractivity contribution in [2.24, 2.45) is 0 Å². The molecule has 1 N–H and O–H groups in total. The van der Waals surface area contributed by atoms with Crippen LogP contribution in [0.1, 0.15) is 10.4 Å². The van der Waals surface area contributed by atoms with Gasteiger partial charge in [-0.05, 0) is 59.6 Å². The number of halogens is 2. The largest absolute Gasteiger partial charge is 0.424 e. The molecule has 0 saturated carbocycles. The van der Waals surface area contributed by atoms with E-state index < -0.39 is 0 Å². The zero-order valence-corrected chi connectivity index (χ0v) is 13.6. The van der Waals surface area contributed by atoms with Crippen LogP contribution < -0.4 is 10.1 Å². The highest BCUT2D eigenvalue weighted by Crippen LogP contribution is 2.22. The normalized spacial score (nSPS) is 10.2. The number of anilines is 1. The Morgan fingerprint density at radius 3 is 2.12 bits per heavy atom. The quantitative estimate of drug-likeness (QED) is 0.753. The van der Waals surface area contributed by atoms with Gasteiger partial charge in [-0.25, -0.2) is 0 Å². The van der Waals surface area contributed by atoms with Crippen LogP contribution in [0.25, 0.3) is 0 Å². The summed E-state index contributed by atoms with van der Waals surface area (Å²) in [5.74, 6) is 0.270. The van der Waals surface area contributed by atoms with E-state index in [9.17, 15) is 4.79 Å².